The summed E-state index contributed by atoms with van der Waals surface area (Å²) in [6, 6.07) is 17.6. The van der Waals surface area contributed by atoms with Gasteiger partial charge in [0.1, 0.15) is 5.82 Å². The van der Waals surface area contributed by atoms with Gasteiger partial charge in [-0.3, -0.25) is 4.98 Å². The first-order valence-electron chi connectivity index (χ1n) is 10.1. The van der Waals surface area contributed by atoms with E-state index >= 15 is 0 Å². The number of nitrogens with one attached hydrogen (secondary N) is 1. The molecule has 1 aliphatic rings. The third-order valence-corrected chi connectivity index (χ3v) is 5.51. The minimum absolute atomic E-state index is 0.0745. The van der Waals surface area contributed by atoms with Crippen molar-refractivity contribution in [2.75, 3.05) is 25.0 Å². The molecule has 4 heterocycles. The molecule has 9 heteroatoms. The van der Waals surface area contributed by atoms with Crippen LogP contribution in [0.1, 0.15) is 5.56 Å². The summed E-state index contributed by atoms with van der Waals surface area (Å²) in [5.74, 6) is 1.48. The maximum absolute atomic E-state index is 12.5. The van der Waals surface area contributed by atoms with Gasteiger partial charge in [0.05, 0.1) is 6.04 Å². The number of pyridine rings is 1. The van der Waals surface area contributed by atoms with Crippen molar-refractivity contribution >= 4 is 17.5 Å². The van der Waals surface area contributed by atoms with Gasteiger partial charge >= 0.3 is 6.03 Å². The number of aromatic nitrogens is 5. The van der Waals surface area contributed by atoms with Crippen LogP contribution in [0, 0.1) is 0 Å². The lowest BCUT2D eigenvalue weighted by molar-refractivity contribution is 0.178. The molecule has 0 unspecified atom stereocenters. The zero-order valence-corrected chi connectivity index (χ0v) is 17.1. The van der Waals surface area contributed by atoms with Gasteiger partial charge in [0.15, 0.2) is 11.5 Å². The Morgan fingerprint density at radius 2 is 1.94 bits per heavy atom. The number of carbonyl (C=O) groups excluding carboxylic acids is 1. The predicted molar refractivity (Wildman–Crippen MR) is 116 cm³/mol. The van der Waals surface area contributed by atoms with E-state index in [1.54, 1.807) is 21.8 Å². The number of likely N-dealkylation sites (N-methyl/N-ethyl adjacent to an activating group) is 1. The molecule has 0 aliphatic carbocycles. The summed E-state index contributed by atoms with van der Waals surface area (Å²) in [6.45, 7) is 1.96. The summed E-state index contributed by atoms with van der Waals surface area (Å²) in [4.78, 5) is 20.5. The molecule has 2 amide bonds. The molecule has 9 nitrogen and oxygen atoms in total. The molecule has 1 fully saturated rings. The number of carbonyl (C=O) groups is 1. The summed E-state index contributed by atoms with van der Waals surface area (Å²) in [6.07, 6.45) is 3.46. The van der Waals surface area contributed by atoms with Gasteiger partial charge in [0.25, 0.3) is 0 Å². The van der Waals surface area contributed by atoms with Gasteiger partial charge < -0.3 is 15.1 Å². The van der Waals surface area contributed by atoms with Gasteiger partial charge in [-0.1, -0.05) is 30.3 Å². The molecule has 0 bridgehead atoms. The number of fused-ring (bicyclic) bond motifs is 1. The molecule has 5 rings (SSSR count). The summed E-state index contributed by atoms with van der Waals surface area (Å²) < 4.78 is 1.73. The number of rotatable bonds is 5. The molecular formula is C22H22N8O. The second kappa shape index (κ2) is 8.02. The van der Waals surface area contributed by atoms with E-state index in [9.17, 15) is 4.79 Å². The van der Waals surface area contributed by atoms with Crippen LogP contribution >= 0.6 is 0 Å². The maximum atomic E-state index is 12.5. The quantitative estimate of drug-likeness (QED) is 0.538. The van der Waals surface area contributed by atoms with Crippen LogP contribution in [0.15, 0.2) is 67.0 Å². The predicted octanol–water partition coefficient (Wildman–Crippen LogP) is 2.22. The smallest absolute Gasteiger partial charge is 0.317 e. The molecule has 3 aromatic heterocycles. The molecule has 31 heavy (non-hydrogen) atoms. The van der Waals surface area contributed by atoms with Crippen LogP contribution in [0.5, 0.6) is 0 Å². The van der Waals surface area contributed by atoms with Crippen molar-refractivity contribution in [3.63, 3.8) is 0 Å². The zero-order chi connectivity index (χ0) is 21.2. The van der Waals surface area contributed by atoms with Crippen LogP contribution in [0.4, 0.5) is 10.6 Å². The van der Waals surface area contributed by atoms with E-state index in [-0.39, 0.29) is 12.1 Å². The van der Waals surface area contributed by atoms with E-state index < -0.39 is 0 Å². The molecule has 0 atom stereocenters. The van der Waals surface area contributed by atoms with Gasteiger partial charge in [0.2, 0.25) is 0 Å². The average Bonchev–Trinajstić information content (AvgIpc) is 3.21. The van der Waals surface area contributed by atoms with Gasteiger partial charge in [0, 0.05) is 44.6 Å². The summed E-state index contributed by atoms with van der Waals surface area (Å²) in [5.41, 5.74) is 2.61. The Hall–Kier alpha value is -4.01. The molecule has 0 spiro atoms. The molecule has 1 saturated heterocycles. The van der Waals surface area contributed by atoms with Gasteiger partial charge in [-0.2, -0.15) is 4.52 Å². The lowest BCUT2D eigenvalue weighted by Gasteiger charge is -2.44. The van der Waals surface area contributed by atoms with E-state index in [0.717, 1.165) is 30.0 Å². The first-order chi connectivity index (χ1) is 15.2. The van der Waals surface area contributed by atoms with Crippen LogP contribution in [0.3, 0.4) is 0 Å². The highest BCUT2D eigenvalue weighted by molar-refractivity contribution is 5.74. The van der Waals surface area contributed by atoms with E-state index in [0.29, 0.717) is 18.0 Å². The van der Waals surface area contributed by atoms with Crippen molar-refractivity contribution in [2.45, 2.75) is 12.6 Å². The molecular weight excluding hydrogens is 392 g/mol. The van der Waals surface area contributed by atoms with Gasteiger partial charge in [-0.25, -0.2) is 4.79 Å². The van der Waals surface area contributed by atoms with Crippen LogP contribution in [-0.2, 0) is 6.54 Å². The summed E-state index contributed by atoms with van der Waals surface area (Å²) >= 11 is 0. The van der Waals surface area contributed by atoms with Crippen molar-refractivity contribution < 1.29 is 4.79 Å². The van der Waals surface area contributed by atoms with Gasteiger partial charge in [-0.15, -0.1) is 15.3 Å². The molecule has 0 radical (unpaired) electrons. The van der Waals surface area contributed by atoms with Gasteiger partial charge in [-0.05, 0) is 29.8 Å². The zero-order valence-electron chi connectivity index (χ0n) is 17.1. The number of urea groups is 1. The monoisotopic (exact) mass is 414 g/mol. The highest BCUT2D eigenvalue weighted by Crippen LogP contribution is 2.23. The highest BCUT2D eigenvalue weighted by atomic mass is 16.2. The molecule has 4 aromatic rings. The number of amides is 2. The molecule has 0 saturated carbocycles. The molecule has 1 aromatic carbocycles. The fraction of sp³-hybridized carbons (Fsp3) is 0.227. The van der Waals surface area contributed by atoms with E-state index in [2.05, 4.69) is 25.4 Å². The Labute approximate surface area is 179 Å². The lowest BCUT2D eigenvalue weighted by atomic mass is 10.1. The largest absolute Gasteiger partial charge is 0.351 e. The van der Waals surface area contributed by atoms with Crippen molar-refractivity contribution in [2.24, 2.45) is 0 Å². The Kier molecular flexibility index (Phi) is 4.91. The first kappa shape index (κ1) is 19.0. The molecule has 156 valence electrons. The van der Waals surface area contributed by atoms with E-state index in [1.165, 1.54) is 0 Å². The second-order valence-corrected chi connectivity index (χ2v) is 7.54. The Morgan fingerprint density at radius 3 is 2.71 bits per heavy atom. The fourth-order valence-electron chi connectivity index (χ4n) is 3.57. The number of anilines is 1. The standard InChI is InChI=1S/C22H22N8O/c1-28(22(31)24-12-16-6-3-2-4-7-16)18-14-29(15-18)20-10-9-19-25-26-21(30(19)27-20)17-8-5-11-23-13-17/h2-11,13,18H,12,14-15H2,1H3,(H,24,31). The normalized spacial score (nSPS) is 13.8. The number of nitrogens with zero attached hydrogens (tertiary/aromatic N) is 7. The topological polar surface area (TPSA) is 91.5 Å². The minimum Gasteiger partial charge on any atom is -0.351 e. The summed E-state index contributed by atoms with van der Waals surface area (Å²) in [7, 11) is 1.83. The average molecular weight is 414 g/mol. The number of benzene rings is 1. The lowest BCUT2D eigenvalue weighted by Crippen LogP contribution is -2.61. The van der Waals surface area contributed by atoms with E-state index in [4.69, 9.17) is 5.10 Å². The van der Waals surface area contributed by atoms with Crippen molar-refractivity contribution in [1.29, 1.82) is 0 Å². The highest BCUT2D eigenvalue weighted by Gasteiger charge is 2.33. The molecule has 1 aliphatic heterocycles. The SMILES string of the molecule is CN(C(=O)NCc1ccccc1)C1CN(c2ccc3nnc(-c4cccnc4)n3n2)C1. The van der Waals surface area contributed by atoms with Crippen LogP contribution in [-0.4, -0.2) is 61.9 Å². The van der Waals surface area contributed by atoms with Crippen molar-refractivity contribution in [1.82, 2.24) is 35.0 Å². The fourth-order valence-corrected chi connectivity index (χ4v) is 3.57. The van der Waals surface area contributed by atoms with Crippen LogP contribution < -0.4 is 10.2 Å². The maximum Gasteiger partial charge on any atom is 0.317 e. The first-order valence-corrected chi connectivity index (χ1v) is 10.1. The summed E-state index contributed by atoms with van der Waals surface area (Å²) in [5, 5.41) is 16.1. The third kappa shape index (κ3) is 3.77. The van der Waals surface area contributed by atoms with Crippen LogP contribution in [0.2, 0.25) is 0 Å². The van der Waals surface area contributed by atoms with Crippen LogP contribution in [0.25, 0.3) is 17.0 Å². The number of hydrogen-bond acceptors (Lipinski definition) is 6. The Morgan fingerprint density at radius 1 is 1.10 bits per heavy atom. The number of hydrogen-bond donors (Lipinski definition) is 1. The van der Waals surface area contributed by atoms with Crippen molar-refractivity contribution in [3.8, 4) is 11.4 Å². The molecule has 1 N–H and O–H groups in total. The Bertz CT molecular complexity index is 1190. The minimum atomic E-state index is -0.0745. The second-order valence-electron chi connectivity index (χ2n) is 7.54. The Balaban J connectivity index is 1.23. The van der Waals surface area contributed by atoms with E-state index in [1.807, 2.05) is 61.6 Å². The third-order valence-electron chi connectivity index (χ3n) is 5.51. The van der Waals surface area contributed by atoms with Crippen molar-refractivity contribution in [3.05, 3.63) is 72.6 Å².